The molecule has 1 aliphatic rings. The summed E-state index contributed by atoms with van der Waals surface area (Å²) in [5.74, 6) is -0.291. The number of hydrogen-bond acceptors (Lipinski definition) is 4. The van der Waals surface area contributed by atoms with Crippen molar-refractivity contribution in [3.8, 4) is 0 Å². The van der Waals surface area contributed by atoms with Crippen molar-refractivity contribution in [2.24, 2.45) is 0 Å². The minimum absolute atomic E-state index is 0.261. The summed E-state index contributed by atoms with van der Waals surface area (Å²) >= 11 is 6.88. The van der Waals surface area contributed by atoms with Gasteiger partial charge in [0.25, 0.3) is 10.0 Å². The molecule has 22 heavy (non-hydrogen) atoms. The van der Waals surface area contributed by atoms with Gasteiger partial charge < -0.3 is 4.90 Å². The molecule has 118 valence electrons. The highest BCUT2D eigenvalue weighted by atomic mass is 35.5. The predicted octanol–water partition coefficient (Wildman–Crippen LogP) is 3.05. The SMILES string of the molecule is O=S(=O)(c1ccc(Cl)s1)N1CCN(c2cccc(F)c2)CC1. The van der Waals surface area contributed by atoms with Gasteiger partial charge in [-0.2, -0.15) is 4.31 Å². The fourth-order valence-corrected chi connectivity index (χ4v) is 5.48. The van der Waals surface area contributed by atoms with Gasteiger partial charge >= 0.3 is 0 Å². The number of nitrogens with zero attached hydrogens (tertiary/aromatic N) is 2. The molecule has 0 aliphatic carbocycles. The van der Waals surface area contributed by atoms with Gasteiger partial charge in [0.15, 0.2) is 0 Å². The highest BCUT2D eigenvalue weighted by Crippen LogP contribution is 2.29. The van der Waals surface area contributed by atoms with Crippen LogP contribution in [0.5, 0.6) is 0 Å². The van der Waals surface area contributed by atoms with Crippen molar-refractivity contribution in [2.75, 3.05) is 31.1 Å². The second kappa shape index (κ2) is 6.16. The Labute approximate surface area is 137 Å². The molecule has 0 bridgehead atoms. The van der Waals surface area contributed by atoms with E-state index < -0.39 is 10.0 Å². The molecule has 0 radical (unpaired) electrons. The van der Waals surface area contributed by atoms with Crippen LogP contribution in [0.3, 0.4) is 0 Å². The zero-order chi connectivity index (χ0) is 15.7. The third-order valence-corrected chi connectivity index (χ3v) is 7.15. The van der Waals surface area contributed by atoms with Crippen molar-refractivity contribution in [1.29, 1.82) is 0 Å². The average molecular weight is 361 g/mol. The summed E-state index contributed by atoms with van der Waals surface area (Å²) in [6, 6.07) is 9.45. The molecule has 0 spiro atoms. The van der Waals surface area contributed by atoms with E-state index in [1.54, 1.807) is 12.1 Å². The number of sulfonamides is 1. The summed E-state index contributed by atoms with van der Waals surface area (Å²) in [5.41, 5.74) is 0.774. The maximum Gasteiger partial charge on any atom is 0.252 e. The van der Waals surface area contributed by atoms with E-state index in [0.717, 1.165) is 17.0 Å². The summed E-state index contributed by atoms with van der Waals surface area (Å²) in [5, 5.41) is 0. The standard InChI is InChI=1S/C14H14ClFN2O2S2/c15-13-4-5-14(21-13)22(19,20)18-8-6-17(7-9-18)12-3-1-2-11(16)10-12/h1-5,10H,6-9H2. The molecular formula is C14H14ClFN2O2S2. The third kappa shape index (κ3) is 3.12. The third-order valence-electron chi connectivity index (χ3n) is 3.55. The van der Waals surface area contributed by atoms with Crippen LogP contribution < -0.4 is 4.90 Å². The number of hydrogen-bond donors (Lipinski definition) is 0. The lowest BCUT2D eigenvalue weighted by Crippen LogP contribution is -2.48. The first-order valence-corrected chi connectivity index (χ1v) is 9.36. The normalized spacial score (nSPS) is 16.9. The highest BCUT2D eigenvalue weighted by Gasteiger charge is 2.29. The van der Waals surface area contributed by atoms with Gasteiger partial charge in [-0.1, -0.05) is 17.7 Å². The molecule has 0 atom stereocenters. The maximum atomic E-state index is 13.3. The van der Waals surface area contributed by atoms with Gasteiger partial charge in [0.2, 0.25) is 0 Å². The van der Waals surface area contributed by atoms with Gasteiger partial charge in [0.05, 0.1) is 4.34 Å². The lowest BCUT2D eigenvalue weighted by atomic mass is 10.2. The fourth-order valence-electron chi connectivity index (χ4n) is 2.42. The molecule has 2 aromatic rings. The maximum absolute atomic E-state index is 13.3. The number of halogens is 2. The smallest absolute Gasteiger partial charge is 0.252 e. The topological polar surface area (TPSA) is 40.6 Å². The van der Waals surface area contributed by atoms with E-state index in [-0.39, 0.29) is 10.0 Å². The Morgan fingerprint density at radius 3 is 2.41 bits per heavy atom. The van der Waals surface area contributed by atoms with E-state index in [1.165, 1.54) is 22.5 Å². The van der Waals surface area contributed by atoms with Crippen LogP contribution in [0.4, 0.5) is 10.1 Å². The second-order valence-electron chi connectivity index (χ2n) is 4.93. The summed E-state index contributed by atoms with van der Waals surface area (Å²) in [6.45, 7) is 1.80. The molecule has 4 nitrogen and oxygen atoms in total. The molecule has 1 fully saturated rings. The van der Waals surface area contributed by atoms with Crippen molar-refractivity contribution in [1.82, 2.24) is 4.31 Å². The molecule has 1 aliphatic heterocycles. The summed E-state index contributed by atoms with van der Waals surface area (Å²) in [7, 11) is -3.49. The molecule has 2 heterocycles. The van der Waals surface area contributed by atoms with Gasteiger partial charge in [-0.05, 0) is 30.3 Å². The zero-order valence-corrected chi connectivity index (χ0v) is 14.0. The molecule has 0 N–H and O–H groups in total. The fraction of sp³-hybridized carbons (Fsp3) is 0.286. The van der Waals surface area contributed by atoms with Crippen molar-refractivity contribution < 1.29 is 12.8 Å². The van der Waals surface area contributed by atoms with Gasteiger partial charge in [0.1, 0.15) is 10.0 Å². The van der Waals surface area contributed by atoms with Crippen LogP contribution >= 0.6 is 22.9 Å². The minimum Gasteiger partial charge on any atom is -0.369 e. The number of rotatable bonds is 3. The van der Waals surface area contributed by atoms with E-state index in [2.05, 4.69) is 0 Å². The van der Waals surface area contributed by atoms with Crippen LogP contribution in [0.25, 0.3) is 0 Å². The Hall–Kier alpha value is -1.15. The van der Waals surface area contributed by atoms with E-state index in [9.17, 15) is 12.8 Å². The Balaban J connectivity index is 1.72. The second-order valence-corrected chi connectivity index (χ2v) is 8.81. The number of piperazine rings is 1. The van der Waals surface area contributed by atoms with Crippen LogP contribution in [0.15, 0.2) is 40.6 Å². The summed E-state index contributed by atoms with van der Waals surface area (Å²) < 4.78 is 40.4. The van der Waals surface area contributed by atoms with Gasteiger partial charge in [-0.15, -0.1) is 11.3 Å². The summed E-state index contributed by atoms with van der Waals surface area (Å²) in [6.07, 6.45) is 0. The molecule has 0 saturated carbocycles. The molecular weight excluding hydrogens is 347 g/mol. The van der Waals surface area contributed by atoms with Crippen molar-refractivity contribution >= 4 is 38.6 Å². The van der Waals surface area contributed by atoms with Crippen molar-refractivity contribution in [3.63, 3.8) is 0 Å². The Bertz CT molecular complexity index is 771. The van der Waals surface area contributed by atoms with E-state index in [0.29, 0.717) is 30.5 Å². The number of anilines is 1. The van der Waals surface area contributed by atoms with Crippen molar-refractivity contribution in [3.05, 3.63) is 46.6 Å². The molecule has 0 unspecified atom stereocenters. The number of thiophene rings is 1. The molecule has 1 aromatic carbocycles. The van der Waals surface area contributed by atoms with Crippen LogP contribution in [0.2, 0.25) is 4.34 Å². The lowest BCUT2D eigenvalue weighted by Gasteiger charge is -2.35. The first-order valence-electron chi connectivity index (χ1n) is 6.73. The van der Waals surface area contributed by atoms with Gasteiger partial charge in [-0.25, -0.2) is 12.8 Å². The molecule has 8 heteroatoms. The Morgan fingerprint density at radius 1 is 1.09 bits per heavy atom. The minimum atomic E-state index is -3.49. The van der Waals surface area contributed by atoms with E-state index in [1.807, 2.05) is 11.0 Å². The lowest BCUT2D eigenvalue weighted by molar-refractivity contribution is 0.385. The zero-order valence-electron chi connectivity index (χ0n) is 11.6. The first-order chi connectivity index (χ1) is 10.5. The Morgan fingerprint density at radius 2 is 1.82 bits per heavy atom. The van der Waals surface area contributed by atoms with E-state index in [4.69, 9.17) is 11.6 Å². The van der Waals surface area contributed by atoms with Crippen LogP contribution in [0, 0.1) is 5.82 Å². The molecule has 3 rings (SSSR count). The van der Waals surface area contributed by atoms with Crippen LogP contribution in [-0.2, 0) is 10.0 Å². The monoisotopic (exact) mass is 360 g/mol. The van der Waals surface area contributed by atoms with E-state index >= 15 is 0 Å². The van der Waals surface area contributed by atoms with Gasteiger partial charge in [0, 0.05) is 31.9 Å². The summed E-state index contributed by atoms with van der Waals surface area (Å²) in [4.78, 5) is 1.98. The van der Waals surface area contributed by atoms with Crippen LogP contribution in [-0.4, -0.2) is 38.9 Å². The average Bonchev–Trinajstić information content (AvgIpc) is 2.95. The Kier molecular flexibility index (Phi) is 4.40. The quantitative estimate of drug-likeness (QED) is 0.844. The van der Waals surface area contributed by atoms with Gasteiger partial charge in [-0.3, -0.25) is 0 Å². The predicted molar refractivity (Wildman–Crippen MR) is 86.7 cm³/mol. The van der Waals surface area contributed by atoms with Crippen molar-refractivity contribution in [2.45, 2.75) is 4.21 Å². The van der Waals surface area contributed by atoms with Crippen LogP contribution in [0.1, 0.15) is 0 Å². The number of benzene rings is 1. The molecule has 1 saturated heterocycles. The largest absolute Gasteiger partial charge is 0.369 e. The first kappa shape index (κ1) is 15.7. The molecule has 0 amide bonds. The highest BCUT2D eigenvalue weighted by molar-refractivity contribution is 7.91. The molecule has 1 aromatic heterocycles.